The van der Waals surface area contributed by atoms with Crippen LogP contribution in [0.2, 0.25) is 5.02 Å². The Morgan fingerprint density at radius 3 is 2.62 bits per heavy atom. The molecule has 128 valence electrons. The highest BCUT2D eigenvalue weighted by atomic mass is 35.5. The van der Waals surface area contributed by atoms with Gasteiger partial charge in [0, 0.05) is 23.7 Å². The molecule has 0 bridgehead atoms. The Labute approximate surface area is 148 Å². The lowest BCUT2D eigenvalue weighted by atomic mass is 9.89. The van der Waals surface area contributed by atoms with Gasteiger partial charge in [-0.05, 0) is 56.0 Å². The van der Waals surface area contributed by atoms with Crippen molar-refractivity contribution >= 4 is 11.6 Å². The zero-order valence-electron chi connectivity index (χ0n) is 14.0. The van der Waals surface area contributed by atoms with Crippen LogP contribution in [0.1, 0.15) is 50.3 Å². The number of halogens is 1. The monoisotopic (exact) mass is 345 g/mol. The quantitative estimate of drug-likeness (QED) is 0.801. The van der Waals surface area contributed by atoms with Gasteiger partial charge in [0.2, 0.25) is 11.8 Å². The predicted octanol–water partition coefficient (Wildman–Crippen LogP) is 4.76. The number of benzene rings is 1. The third-order valence-electron chi connectivity index (χ3n) is 5.39. The summed E-state index contributed by atoms with van der Waals surface area (Å²) in [5, 5.41) is 9.24. The van der Waals surface area contributed by atoms with Crippen LogP contribution in [0.15, 0.2) is 28.7 Å². The van der Waals surface area contributed by atoms with Gasteiger partial charge in [0.25, 0.3) is 0 Å². The molecule has 1 atom stereocenters. The summed E-state index contributed by atoms with van der Waals surface area (Å²) >= 11 is 5.93. The normalized spacial score (nSPS) is 23.0. The van der Waals surface area contributed by atoms with Gasteiger partial charge in [-0.3, -0.25) is 0 Å². The molecule has 1 saturated heterocycles. The van der Waals surface area contributed by atoms with E-state index in [0.717, 1.165) is 36.9 Å². The van der Waals surface area contributed by atoms with Crippen molar-refractivity contribution in [3.05, 3.63) is 35.2 Å². The van der Waals surface area contributed by atoms with Crippen LogP contribution < -0.4 is 0 Å². The highest BCUT2D eigenvalue weighted by molar-refractivity contribution is 6.30. The number of likely N-dealkylation sites (tertiary alicyclic amines) is 1. The molecule has 2 aliphatic rings. The van der Waals surface area contributed by atoms with Gasteiger partial charge in [0.15, 0.2) is 0 Å². The van der Waals surface area contributed by atoms with Crippen molar-refractivity contribution in [2.75, 3.05) is 19.6 Å². The second kappa shape index (κ2) is 7.24. The van der Waals surface area contributed by atoms with Gasteiger partial charge in [0.1, 0.15) is 0 Å². The third kappa shape index (κ3) is 3.65. The summed E-state index contributed by atoms with van der Waals surface area (Å²) in [5.74, 6) is 2.64. The fourth-order valence-electron chi connectivity index (χ4n) is 4.04. The van der Waals surface area contributed by atoms with Crippen molar-refractivity contribution in [1.29, 1.82) is 0 Å². The molecule has 5 heteroatoms. The van der Waals surface area contributed by atoms with E-state index in [-0.39, 0.29) is 0 Å². The zero-order valence-corrected chi connectivity index (χ0v) is 14.7. The molecule has 1 aliphatic heterocycles. The molecule has 2 heterocycles. The third-order valence-corrected chi connectivity index (χ3v) is 5.65. The number of hydrogen-bond donors (Lipinski definition) is 0. The van der Waals surface area contributed by atoms with Crippen LogP contribution in [-0.4, -0.2) is 34.7 Å². The Bertz CT molecular complexity index is 664. The van der Waals surface area contributed by atoms with Gasteiger partial charge in [0.05, 0.1) is 5.92 Å². The maximum Gasteiger partial charge on any atom is 0.247 e. The molecule has 0 N–H and O–H groups in total. The minimum atomic E-state index is 0.377. The standard InChI is InChI=1S/C19H24ClN3O/c20-17-8-6-15(7-9-17)18-21-22-19(24-18)16-10-11-23(13-16)12-14-4-2-1-3-5-14/h6-9,14,16H,1-5,10-13H2. The minimum Gasteiger partial charge on any atom is -0.420 e. The second-order valence-electron chi connectivity index (χ2n) is 7.20. The first-order valence-corrected chi connectivity index (χ1v) is 9.47. The minimum absolute atomic E-state index is 0.377. The molecule has 1 aromatic carbocycles. The van der Waals surface area contributed by atoms with Crippen LogP contribution >= 0.6 is 11.6 Å². The van der Waals surface area contributed by atoms with E-state index in [0.29, 0.717) is 16.8 Å². The van der Waals surface area contributed by atoms with Gasteiger partial charge in [-0.1, -0.05) is 30.9 Å². The molecule has 4 nitrogen and oxygen atoms in total. The molecule has 2 aromatic rings. The topological polar surface area (TPSA) is 42.2 Å². The fraction of sp³-hybridized carbons (Fsp3) is 0.579. The van der Waals surface area contributed by atoms with E-state index in [1.54, 1.807) is 0 Å². The summed E-state index contributed by atoms with van der Waals surface area (Å²) in [6, 6.07) is 7.54. The predicted molar refractivity (Wildman–Crippen MR) is 95.1 cm³/mol. The Morgan fingerprint density at radius 1 is 1.04 bits per heavy atom. The van der Waals surface area contributed by atoms with Gasteiger partial charge < -0.3 is 9.32 Å². The van der Waals surface area contributed by atoms with Gasteiger partial charge in [-0.25, -0.2) is 0 Å². The van der Waals surface area contributed by atoms with Crippen molar-refractivity contribution in [1.82, 2.24) is 15.1 Å². The van der Waals surface area contributed by atoms with Crippen molar-refractivity contribution in [2.24, 2.45) is 5.92 Å². The molecule has 1 saturated carbocycles. The van der Waals surface area contributed by atoms with E-state index in [1.165, 1.54) is 38.6 Å². The van der Waals surface area contributed by atoms with Crippen molar-refractivity contribution in [3.63, 3.8) is 0 Å². The number of nitrogens with zero attached hydrogens (tertiary/aromatic N) is 3. The summed E-state index contributed by atoms with van der Waals surface area (Å²) in [5.41, 5.74) is 0.926. The first kappa shape index (κ1) is 16.1. The van der Waals surface area contributed by atoms with Crippen LogP contribution in [0, 0.1) is 5.92 Å². The Hall–Kier alpha value is -1.39. The SMILES string of the molecule is Clc1ccc(-c2nnc(C3CCN(CC4CCCCC4)C3)o2)cc1. The van der Waals surface area contributed by atoms with Crippen molar-refractivity contribution < 1.29 is 4.42 Å². The van der Waals surface area contributed by atoms with E-state index in [1.807, 2.05) is 24.3 Å². The average Bonchev–Trinajstić information content (AvgIpc) is 3.26. The number of rotatable bonds is 4. The van der Waals surface area contributed by atoms with E-state index < -0.39 is 0 Å². The molecule has 1 unspecified atom stereocenters. The summed E-state index contributed by atoms with van der Waals surface area (Å²) in [7, 11) is 0. The highest BCUT2D eigenvalue weighted by Crippen LogP contribution is 2.31. The molecule has 1 aliphatic carbocycles. The summed E-state index contributed by atoms with van der Waals surface area (Å²) in [6.07, 6.45) is 8.18. The lowest BCUT2D eigenvalue weighted by molar-refractivity contribution is 0.230. The fourth-order valence-corrected chi connectivity index (χ4v) is 4.17. The van der Waals surface area contributed by atoms with Crippen LogP contribution in [0.5, 0.6) is 0 Å². The molecule has 4 rings (SSSR count). The average molecular weight is 346 g/mol. The molecule has 0 radical (unpaired) electrons. The van der Waals surface area contributed by atoms with E-state index in [9.17, 15) is 0 Å². The first-order chi connectivity index (χ1) is 11.8. The maximum atomic E-state index is 5.94. The molecule has 0 spiro atoms. The number of hydrogen-bond acceptors (Lipinski definition) is 4. The first-order valence-electron chi connectivity index (χ1n) is 9.09. The molecule has 2 fully saturated rings. The second-order valence-corrected chi connectivity index (χ2v) is 7.64. The Kier molecular flexibility index (Phi) is 4.86. The van der Waals surface area contributed by atoms with Gasteiger partial charge in [-0.2, -0.15) is 0 Å². The van der Waals surface area contributed by atoms with E-state index >= 15 is 0 Å². The molecule has 24 heavy (non-hydrogen) atoms. The van der Waals surface area contributed by atoms with Crippen LogP contribution in [-0.2, 0) is 0 Å². The van der Waals surface area contributed by atoms with Crippen LogP contribution in [0.4, 0.5) is 0 Å². The number of aromatic nitrogens is 2. The van der Waals surface area contributed by atoms with E-state index in [2.05, 4.69) is 15.1 Å². The summed E-state index contributed by atoms with van der Waals surface area (Å²) in [6.45, 7) is 3.45. The lowest BCUT2D eigenvalue weighted by Gasteiger charge is -2.26. The van der Waals surface area contributed by atoms with Crippen molar-refractivity contribution in [3.8, 4) is 11.5 Å². The van der Waals surface area contributed by atoms with Crippen LogP contribution in [0.25, 0.3) is 11.5 Å². The molecular formula is C19H24ClN3O. The lowest BCUT2D eigenvalue weighted by Crippen LogP contribution is -2.28. The molecule has 0 amide bonds. The summed E-state index contributed by atoms with van der Waals surface area (Å²) < 4.78 is 5.94. The smallest absolute Gasteiger partial charge is 0.247 e. The zero-order chi connectivity index (χ0) is 16.4. The Balaban J connectivity index is 1.37. The molecule has 1 aromatic heterocycles. The maximum absolute atomic E-state index is 5.94. The van der Waals surface area contributed by atoms with Gasteiger partial charge >= 0.3 is 0 Å². The van der Waals surface area contributed by atoms with Gasteiger partial charge in [-0.15, -0.1) is 10.2 Å². The summed E-state index contributed by atoms with van der Waals surface area (Å²) in [4.78, 5) is 2.59. The highest BCUT2D eigenvalue weighted by Gasteiger charge is 2.29. The van der Waals surface area contributed by atoms with Crippen LogP contribution in [0.3, 0.4) is 0 Å². The van der Waals surface area contributed by atoms with Crippen molar-refractivity contribution in [2.45, 2.75) is 44.4 Å². The largest absolute Gasteiger partial charge is 0.420 e. The molecular weight excluding hydrogens is 322 g/mol. The van der Waals surface area contributed by atoms with E-state index in [4.69, 9.17) is 16.0 Å². The Morgan fingerprint density at radius 2 is 1.83 bits per heavy atom.